The van der Waals surface area contributed by atoms with Crippen molar-refractivity contribution in [1.82, 2.24) is 4.90 Å². The zero-order valence-electron chi connectivity index (χ0n) is 10.4. The molecule has 0 radical (unpaired) electrons. The Morgan fingerprint density at radius 3 is 2.81 bits per heavy atom. The van der Waals surface area contributed by atoms with Crippen LogP contribution in [0.15, 0.2) is 0 Å². The first-order chi connectivity index (χ1) is 7.67. The van der Waals surface area contributed by atoms with Gasteiger partial charge in [0.25, 0.3) is 0 Å². The summed E-state index contributed by atoms with van der Waals surface area (Å²) in [5.41, 5.74) is -0.240. The van der Waals surface area contributed by atoms with Gasteiger partial charge in [-0.3, -0.25) is 0 Å². The summed E-state index contributed by atoms with van der Waals surface area (Å²) in [6, 6.07) is 0.610. The van der Waals surface area contributed by atoms with Crippen LogP contribution in [-0.2, 0) is 9.53 Å². The Bertz CT molecular complexity index is 244. The molecule has 1 heterocycles. The average Bonchev–Trinajstić information content (AvgIpc) is 3.13. The fourth-order valence-electron chi connectivity index (χ4n) is 2.71. The molecule has 2 unspecified atom stereocenters. The fraction of sp³-hybridized carbons (Fsp3) is 0.923. The molecule has 1 saturated carbocycles. The molecule has 0 bridgehead atoms. The number of rotatable bonds is 5. The molecule has 0 N–H and O–H groups in total. The Labute approximate surface area is 98.1 Å². The normalized spacial score (nSPS) is 32.7. The lowest BCUT2D eigenvalue weighted by Crippen LogP contribution is -2.46. The Morgan fingerprint density at radius 2 is 2.31 bits per heavy atom. The molecule has 0 amide bonds. The second kappa shape index (κ2) is 4.84. The van der Waals surface area contributed by atoms with Gasteiger partial charge in [0.1, 0.15) is 6.29 Å². The molecule has 92 valence electrons. The highest BCUT2D eigenvalue weighted by atomic mass is 16.5. The first-order valence-electron chi connectivity index (χ1n) is 6.41. The second-order valence-electron chi connectivity index (χ2n) is 5.63. The Morgan fingerprint density at radius 1 is 1.56 bits per heavy atom. The first-order valence-corrected chi connectivity index (χ1v) is 6.41. The van der Waals surface area contributed by atoms with E-state index in [1.165, 1.54) is 12.8 Å². The van der Waals surface area contributed by atoms with Crippen molar-refractivity contribution < 1.29 is 9.53 Å². The van der Waals surface area contributed by atoms with Crippen LogP contribution in [0.1, 0.15) is 32.6 Å². The zero-order valence-corrected chi connectivity index (χ0v) is 10.4. The average molecular weight is 225 g/mol. The van der Waals surface area contributed by atoms with Crippen molar-refractivity contribution in [2.24, 2.45) is 11.3 Å². The van der Waals surface area contributed by atoms with Crippen LogP contribution in [-0.4, -0.2) is 44.0 Å². The lowest BCUT2D eigenvalue weighted by atomic mass is 9.83. The minimum atomic E-state index is -0.240. The minimum Gasteiger partial charge on any atom is -0.380 e. The molecular formula is C13H23NO2. The van der Waals surface area contributed by atoms with Gasteiger partial charge >= 0.3 is 0 Å². The molecule has 0 aromatic rings. The van der Waals surface area contributed by atoms with Crippen molar-refractivity contribution in [3.8, 4) is 0 Å². The van der Waals surface area contributed by atoms with Crippen molar-refractivity contribution >= 4 is 6.29 Å². The van der Waals surface area contributed by atoms with E-state index in [-0.39, 0.29) is 5.41 Å². The Hall–Kier alpha value is -0.410. The SMILES string of the molecule is CC(C1CC1)N(C)CC1(C=O)CCCOC1. The number of hydrogen-bond acceptors (Lipinski definition) is 3. The van der Waals surface area contributed by atoms with E-state index >= 15 is 0 Å². The van der Waals surface area contributed by atoms with Crippen LogP contribution in [0.25, 0.3) is 0 Å². The molecule has 16 heavy (non-hydrogen) atoms. The molecule has 3 heteroatoms. The largest absolute Gasteiger partial charge is 0.380 e. The maximum Gasteiger partial charge on any atom is 0.129 e. The minimum absolute atomic E-state index is 0.240. The summed E-state index contributed by atoms with van der Waals surface area (Å²) in [4.78, 5) is 13.7. The topological polar surface area (TPSA) is 29.5 Å². The predicted octanol–water partition coefficient (Wildman–Crippen LogP) is 1.71. The van der Waals surface area contributed by atoms with Gasteiger partial charge < -0.3 is 14.4 Å². The van der Waals surface area contributed by atoms with Gasteiger partial charge in [-0.15, -0.1) is 0 Å². The molecule has 0 aromatic heterocycles. The first kappa shape index (κ1) is 12.1. The number of nitrogens with zero attached hydrogens (tertiary/aromatic N) is 1. The summed E-state index contributed by atoms with van der Waals surface area (Å²) in [5.74, 6) is 0.859. The molecule has 1 saturated heterocycles. The van der Waals surface area contributed by atoms with Crippen molar-refractivity contribution in [2.75, 3.05) is 26.8 Å². The molecule has 2 fully saturated rings. The van der Waals surface area contributed by atoms with Gasteiger partial charge in [0.2, 0.25) is 0 Å². The highest BCUT2D eigenvalue weighted by molar-refractivity contribution is 5.60. The van der Waals surface area contributed by atoms with E-state index < -0.39 is 0 Å². The quantitative estimate of drug-likeness (QED) is 0.667. The molecule has 2 rings (SSSR count). The molecule has 2 aliphatic rings. The van der Waals surface area contributed by atoms with E-state index in [0.717, 1.165) is 38.2 Å². The van der Waals surface area contributed by atoms with E-state index in [1.807, 2.05) is 0 Å². The van der Waals surface area contributed by atoms with Crippen LogP contribution < -0.4 is 0 Å². The van der Waals surface area contributed by atoms with Crippen molar-refractivity contribution in [2.45, 2.75) is 38.6 Å². The van der Waals surface area contributed by atoms with Crippen LogP contribution in [0.2, 0.25) is 0 Å². The Kier molecular flexibility index (Phi) is 3.65. The van der Waals surface area contributed by atoms with Gasteiger partial charge in [0.05, 0.1) is 12.0 Å². The third kappa shape index (κ3) is 2.64. The van der Waals surface area contributed by atoms with E-state index in [0.29, 0.717) is 12.6 Å². The second-order valence-corrected chi connectivity index (χ2v) is 5.63. The maximum absolute atomic E-state index is 11.3. The van der Waals surface area contributed by atoms with Crippen molar-refractivity contribution in [3.05, 3.63) is 0 Å². The monoisotopic (exact) mass is 225 g/mol. The van der Waals surface area contributed by atoms with E-state index in [4.69, 9.17) is 4.74 Å². The standard InChI is InChI=1S/C13H23NO2/c1-11(12-4-5-12)14(2)8-13(9-15)6-3-7-16-10-13/h9,11-12H,3-8,10H2,1-2H3. The summed E-state index contributed by atoms with van der Waals surface area (Å²) in [7, 11) is 2.14. The molecular weight excluding hydrogens is 202 g/mol. The molecule has 2 atom stereocenters. The summed E-state index contributed by atoms with van der Waals surface area (Å²) in [6.45, 7) is 4.56. The van der Waals surface area contributed by atoms with E-state index in [1.54, 1.807) is 0 Å². The molecule has 0 spiro atoms. The van der Waals surface area contributed by atoms with Crippen molar-refractivity contribution in [1.29, 1.82) is 0 Å². The maximum atomic E-state index is 11.3. The van der Waals surface area contributed by atoms with Gasteiger partial charge in [0, 0.05) is 19.2 Å². The number of aldehydes is 1. The molecule has 1 aliphatic heterocycles. The molecule has 3 nitrogen and oxygen atoms in total. The van der Waals surface area contributed by atoms with Gasteiger partial charge in [-0.05, 0) is 45.6 Å². The van der Waals surface area contributed by atoms with Gasteiger partial charge in [-0.2, -0.15) is 0 Å². The highest BCUT2D eigenvalue weighted by Gasteiger charge is 2.37. The van der Waals surface area contributed by atoms with Gasteiger partial charge in [0.15, 0.2) is 0 Å². The lowest BCUT2D eigenvalue weighted by molar-refractivity contribution is -0.125. The number of carbonyl (C=O) groups is 1. The number of carbonyl (C=O) groups excluding carboxylic acids is 1. The molecule has 0 aromatic carbocycles. The van der Waals surface area contributed by atoms with E-state index in [9.17, 15) is 4.79 Å². The van der Waals surface area contributed by atoms with Crippen molar-refractivity contribution in [3.63, 3.8) is 0 Å². The van der Waals surface area contributed by atoms with Crippen LogP contribution in [0.4, 0.5) is 0 Å². The number of ether oxygens (including phenoxy) is 1. The van der Waals surface area contributed by atoms with Crippen LogP contribution >= 0.6 is 0 Å². The van der Waals surface area contributed by atoms with Crippen LogP contribution in [0.3, 0.4) is 0 Å². The smallest absolute Gasteiger partial charge is 0.129 e. The third-order valence-electron chi connectivity index (χ3n) is 4.17. The van der Waals surface area contributed by atoms with Crippen LogP contribution in [0.5, 0.6) is 0 Å². The van der Waals surface area contributed by atoms with Gasteiger partial charge in [-0.25, -0.2) is 0 Å². The molecule has 1 aliphatic carbocycles. The summed E-state index contributed by atoms with van der Waals surface area (Å²) in [6.07, 6.45) is 5.84. The summed E-state index contributed by atoms with van der Waals surface area (Å²) < 4.78 is 5.48. The number of hydrogen-bond donors (Lipinski definition) is 0. The van der Waals surface area contributed by atoms with E-state index in [2.05, 4.69) is 18.9 Å². The lowest BCUT2D eigenvalue weighted by Gasteiger charge is -2.37. The van der Waals surface area contributed by atoms with Crippen LogP contribution in [0, 0.1) is 11.3 Å². The summed E-state index contributed by atoms with van der Waals surface area (Å²) >= 11 is 0. The fourth-order valence-corrected chi connectivity index (χ4v) is 2.71. The predicted molar refractivity (Wildman–Crippen MR) is 63.4 cm³/mol. The summed E-state index contributed by atoms with van der Waals surface area (Å²) in [5, 5.41) is 0. The van der Waals surface area contributed by atoms with Gasteiger partial charge in [-0.1, -0.05) is 0 Å². The Balaban J connectivity index is 1.91. The highest BCUT2D eigenvalue weighted by Crippen LogP contribution is 2.36. The third-order valence-corrected chi connectivity index (χ3v) is 4.17. The zero-order chi connectivity index (χ0) is 11.6.